The fourth-order valence-electron chi connectivity index (χ4n) is 3.24. The Morgan fingerprint density at radius 2 is 2.00 bits per heavy atom. The summed E-state index contributed by atoms with van der Waals surface area (Å²) in [6, 6.07) is 9.72. The van der Waals surface area contributed by atoms with Crippen LogP contribution in [0.15, 0.2) is 58.4 Å². The SMILES string of the molecule is O=C(c1cc[nH]c(=O)c1)N1CCC(c2nc(-c3ccccn3)cc(=O)[nH]2)C1. The zero-order valence-electron chi connectivity index (χ0n) is 14.4. The molecule has 1 fully saturated rings. The van der Waals surface area contributed by atoms with Gasteiger partial charge < -0.3 is 14.9 Å². The van der Waals surface area contributed by atoms with Gasteiger partial charge in [0.2, 0.25) is 5.56 Å². The van der Waals surface area contributed by atoms with Crippen LogP contribution in [0.3, 0.4) is 0 Å². The van der Waals surface area contributed by atoms with Gasteiger partial charge in [0.25, 0.3) is 11.5 Å². The second-order valence-electron chi connectivity index (χ2n) is 6.41. The molecule has 1 atom stereocenters. The third-order valence-electron chi connectivity index (χ3n) is 4.57. The third kappa shape index (κ3) is 3.55. The highest BCUT2D eigenvalue weighted by molar-refractivity contribution is 5.94. The van der Waals surface area contributed by atoms with Crippen molar-refractivity contribution in [1.29, 1.82) is 0 Å². The molecule has 0 aliphatic carbocycles. The first kappa shape index (κ1) is 16.9. The van der Waals surface area contributed by atoms with Gasteiger partial charge in [-0.05, 0) is 24.6 Å². The Bertz CT molecular complexity index is 1090. The molecular formula is C19H17N5O3. The predicted molar refractivity (Wildman–Crippen MR) is 98.4 cm³/mol. The van der Waals surface area contributed by atoms with Gasteiger partial charge in [-0.25, -0.2) is 4.98 Å². The van der Waals surface area contributed by atoms with Crippen LogP contribution >= 0.6 is 0 Å². The second-order valence-corrected chi connectivity index (χ2v) is 6.41. The molecule has 1 amide bonds. The lowest BCUT2D eigenvalue weighted by Crippen LogP contribution is -2.29. The number of pyridine rings is 2. The zero-order valence-corrected chi connectivity index (χ0v) is 14.4. The van der Waals surface area contributed by atoms with Crippen molar-refractivity contribution in [3.8, 4) is 11.4 Å². The molecule has 4 rings (SSSR count). The number of hydrogen-bond acceptors (Lipinski definition) is 5. The van der Waals surface area contributed by atoms with Crippen molar-refractivity contribution >= 4 is 5.91 Å². The van der Waals surface area contributed by atoms with Crippen LogP contribution in [0, 0.1) is 0 Å². The molecule has 3 aromatic heterocycles. The van der Waals surface area contributed by atoms with Gasteiger partial charge >= 0.3 is 0 Å². The normalized spacial score (nSPS) is 16.4. The average Bonchev–Trinajstić information content (AvgIpc) is 3.18. The maximum Gasteiger partial charge on any atom is 0.254 e. The van der Waals surface area contributed by atoms with Crippen molar-refractivity contribution in [2.75, 3.05) is 13.1 Å². The number of carbonyl (C=O) groups excluding carboxylic acids is 1. The summed E-state index contributed by atoms with van der Waals surface area (Å²) in [5.41, 5.74) is 0.918. The molecule has 136 valence electrons. The van der Waals surface area contributed by atoms with Gasteiger partial charge in [0.15, 0.2) is 0 Å². The predicted octanol–water partition coefficient (Wildman–Crippen LogP) is 1.15. The highest BCUT2D eigenvalue weighted by Crippen LogP contribution is 2.26. The average molecular weight is 363 g/mol. The van der Waals surface area contributed by atoms with Gasteiger partial charge in [-0.2, -0.15) is 0 Å². The van der Waals surface area contributed by atoms with Crippen LogP contribution in [0.4, 0.5) is 0 Å². The number of aromatic nitrogens is 4. The van der Waals surface area contributed by atoms with Gasteiger partial charge in [0.05, 0.1) is 11.4 Å². The number of hydrogen-bond donors (Lipinski definition) is 2. The first-order valence-electron chi connectivity index (χ1n) is 8.61. The summed E-state index contributed by atoms with van der Waals surface area (Å²) in [4.78, 5) is 51.8. The van der Waals surface area contributed by atoms with Crippen LogP contribution in [0.25, 0.3) is 11.4 Å². The Labute approximate surface area is 153 Å². The summed E-state index contributed by atoms with van der Waals surface area (Å²) < 4.78 is 0. The molecule has 1 aliphatic heterocycles. The van der Waals surface area contributed by atoms with E-state index in [4.69, 9.17) is 0 Å². The van der Waals surface area contributed by atoms with Crippen LogP contribution in [0.2, 0.25) is 0 Å². The number of carbonyl (C=O) groups is 1. The molecule has 8 heteroatoms. The maximum atomic E-state index is 12.6. The molecule has 8 nitrogen and oxygen atoms in total. The van der Waals surface area contributed by atoms with E-state index in [9.17, 15) is 14.4 Å². The molecule has 27 heavy (non-hydrogen) atoms. The number of rotatable bonds is 3. The van der Waals surface area contributed by atoms with Gasteiger partial charge in [-0.3, -0.25) is 19.4 Å². The number of nitrogens with zero attached hydrogens (tertiary/aromatic N) is 3. The lowest BCUT2D eigenvalue weighted by atomic mass is 10.1. The fourth-order valence-corrected chi connectivity index (χ4v) is 3.24. The van der Waals surface area contributed by atoms with Crippen LogP contribution in [-0.2, 0) is 0 Å². The molecule has 1 aliphatic rings. The largest absolute Gasteiger partial charge is 0.338 e. The van der Waals surface area contributed by atoms with E-state index in [2.05, 4.69) is 19.9 Å². The molecule has 0 spiro atoms. The Morgan fingerprint density at radius 3 is 2.78 bits per heavy atom. The van der Waals surface area contributed by atoms with E-state index >= 15 is 0 Å². The van der Waals surface area contributed by atoms with Crippen LogP contribution in [-0.4, -0.2) is 43.8 Å². The number of likely N-dealkylation sites (tertiary alicyclic amines) is 1. The molecule has 1 saturated heterocycles. The Balaban J connectivity index is 1.57. The first-order valence-corrected chi connectivity index (χ1v) is 8.61. The molecule has 4 heterocycles. The van der Waals surface area contributed by atoms with E-state index < -0.39 is 0 Å². The molecule has 0 aromatic carbocycles. The van der Waals surface area contributed by atoms with Crippen molar-refractivity contribution in [2.45, 2.75) is 12.3 Å². The zero-order chi connectivity index (χ0) is 18.8. The second kappa shape index (κ2) is 6.99. The van der Waals surface area contributed by atoms with Crippen LogP contribution < -0.4 is 11.1 Å². The van der Waals surface area contributed by atoms with E-state index in [1.54, 1.807) is 29.3 Å². The van der Waals surface area contributed by atoms with Crippen molar-refractivity contribution in [1.82, 2.24) is 24.8 Å². The highest BCUT2D eigenvalue weighted by Gasteiger charge is 2.30. The topological polar surface area (TPSA) is 112 Å². The molecule has 0 saturated carbocycles. The summed E-state index contributed by atoms with van der Waals surface area (Å²) in [6.07, 6.45) is 3.79. The highest BCUT2D eigenvalue weighted by atomic mass is 16.2. The lowest BCUT2D eigenvalue weighted by molar-refractivity contribution is 0.0790. The van der Waals surface area contributed by atoms with Crippen molar-refractivity contribution in [2.24, 2.45) is 0 Å². The van der Waals surface area contributed by atoms with E-state index in [-0.39, 0.29) is 22.9 Å². The smallest absolute Gasteiger partial charge is 0.254 e. The van der Waals surface area contributed by atoms with E-state index in [1.165, 1.54) is 18.3 Å². The number of nitrogens with one attached hydrogen (secondary N) is 2. The standard InChI is InChI=1S/C19H17N5O3/c25-16-9-12(4-7-21-16)19(27)24-8-5-13(11-24)18-22-15(10-17(26)23-18)14-3-1-2-6-20-14/h1-4,6-7,9-10,13H,5,8,11H2,(H,21,25)(H,22,23,26). The van der Waals surface area contributed by atoms with Gasteiger partial charge in [0.1, 0.15) is 5.82 Å². The summed E-state index contributed by atoms with van der Waals surface area (Å²) in [6.45, 7) is 0.966. The maximum absolute atomic E-state index is 12.6. The molecule has 0 bridgehead atoms. The molecular weight excluding hydrogens is 346 g/mol. The van der Waals surface area contributed by atoms with Crippen LogP contribution in [0.5, 0.6) is 0 Å². The van der Waals surface area contributed by atoms with Crippen molar-refractivity contribution in [3.63, 3.8) is 0 Å². The minimum atomic E-state index is -0.314. The first-order chi connectivity index (χ1) is 13.1. The Kier molecular flexibility index (Phi) is 4.37. The van der Waals surface area contributed by atoms with Crippen molar-refractivity contribution < 1.29 is 4.79 Å². The van der Waals surface area contributed by atoms with E-state index in [1.807, 2.05) is 6.07 Å². The molecule has 3 aromatic rings. The quantitative estimate of drug-likeness (QED) is 0.725. The summed E-state index contributed by atoms with van der Waals surface area (Å²) in [5.74, 6) is 0.267. The number of amides is 1. The van der Waals surface area contributed by atoms with Crippen molar-refractivity contribution in [3.05, 3.63) is 80.9 Å². The molecule has 2 N–H and O–H groups in total. The third-order valence-corrected chi connectivity index (χ3v) is 4.57. The Hall–Kier alpha value is -3.55. The summed E-state index contributed by atoms with van der Waals surface area (Å²) >= 11 is 0. The van der Waals surface area contributed by atoms with Gasteiger partial charge in [-0.1, -0.05) is 6.07 Å². The summed E-state index contributed by atoms with van der Waals surface area (Å²) in [5, 5.41) is 0. The lowest BCUT2D eigenvalue weighted by Gasteiger charge is -2.16. The minimum absolute atomic E-state index is 0.0766. The fraction of sp³-hybridized carbons (Fsp3) is 0.211. The van der Waals surface area contributed by atoms with Gasteiger partial charge in [-0.15, -0.1) is 0 Å². The number of aromatic amines is 2. The minimum Gasteiger partial charge on any atom is -0.338 e. The Morgan fingerprint density at radius 1 is 1.11 bits per heavy atom. The van der Waals surface area contributed by atoms with E-state index in [0.717, 1.165) is 0 Å². The number of H-pyrrole nitrogens is 2. The molecule has 1 unspecified atom stereocenters. The monoisotopic (exact) mass is 363 g/mol. The molecule has 0 radical (unpaired) electrons. The summed E-state index contributed by atoms with van der Waals surface area (Å²) in [7, 11) is 0. The van der Waals surface area contributed by atoms with Crippen LogP contribution in [0.1, 0.15) is 28.5 Å². The van der Waals surface area contributed by atoms with E-state index in [0.29, 0.717) is 42.3 Å². The van der Waals surface area contributed by atoms with Gasteiger partial charge in [0, 0.05) is 49.1 Å².